The van der Waals surface area contributed by atoms with Gasteiger partial charge in [-0.25, -0.2) is 9.97 Å². The lowest BCUT2D eigenvalue weighted by Crippen LogP contribution is -2.38. The van der Waals surface area contributed by atoms with Gasteiger partial charge in [-0.2, -0.15) is 0 Å². The van der Waals surface area contributed by atoms with Crippen LogP contribution in [0.1, 0.15) is 27.6 Å². The Balaban J connectivity index is 1.44. The van der Waals surface area contributed by atoms with Crippen molar-refractivity contribution in [3.63, 3.8) is 0 Å². The van der Waals surface area contributed by atoms with Gasteiger partial charge in [-0.3, -0.25) is 9.48 Å². The van der Waals surface area contributed by atoms with E-state index in [0.717, 1.165) is 11.3 Å². The van der Waals surface area contributed by atoms with Gasteiger partial charge in [0.2, 0.25) is 5.88 Å². The molecule has 132 valence electrons. The van der Waals surface area contributed by atoms with Crippen LogP contribution in [0.4, 0.5) is 0 Å². The van der Waals surface area contributed by atoms with E-state index in [0.29, 0.717) is 43.6 Å². The van der Waals surface area contributed by atoms with Crippen molar-refractivity contribution in [3.05, 3.63) is 71.4 Å². The monoisotopic (exact) mass is 349 g/mol. The van der Waals surface area contributed by atoms with E-state index < -0.39 is 0 Å². The predicted octanol–water partition coefficient (Wildman–Crippen LogP) is 2.22. The zero-order valence-electron chi connectivity index (χ0n) is 14.5. The number of ether oxygens (including phenoxy) is 1. The van der Waals surface area contributed by atoms with Crippen molar-refractivity contribution in [1.29, 1.82) is 0 Å². The highest BCUT2D eigenvalue weighted by atomic mass is 16.5. The lowest BCUT2D eigenvalue weighted by atomic mass is 10.2. The summed E-state index contributed by atoms with van der Waals surface area (Å²) in [7, 11) is 0. The van der Waals surface area contributed by atoms with E-state index in [2.05, 4.69) is 15.1 Å². The van der Waals surface area contributed by atoms with Crippen LogP contribution in [-0.4, -0.2) is 37.1 Å². The Morgan fingerprint density at radius 2 is 2.04 bits per heavy atom. The quantitative estimate of drug-likeness (QED) is 0.722. The zero-order chi connectivity index (χ0) is 17.9. The maximum Gasteiger partial charge on any atom is 0.273 e. The van der Waals surface area contributed by atoms with Crippen molar-refractivity contribution in [2.75, 3.05) is 6.54 Å². The van der Waals surface area contributed by atoms with Gasteiger partial charge in [0.15, 0.2) is 0 Å². The lowest BCUT2D eigenvalue weighted by Gasteiger charge is -2.27. The van der Waals surface area contributed by atoms with E-state index in [1.54, 1.807) is 24.1 Å². The third-order valence-corrected chi connectivity index (χ3v) is 4.29. The second-order valence-corrected chi connectivity index (χ2v) is 6.19. The fraction of sp³-hybridized carbons (Fsp3) is 0.263. The molecule has 26 heavy (non-hydrogen) atoms. The summed E-state index contributed by atoms with van der Waals surface area (Å²) in [5.74, 6) is 1.08. The summed E-state index contributed by atoms with van der Waals surface area (Å²) in [5.41, 5.74) is 2.47. The van der Waals surface area contributed by atoms with Crippen molar-refractivity contribution in [2.24, 2.45) is 0 Å². The minimum atomic E-state index is -0.0882. The second-order valence-electron chi connectivity index (χ2n) is 6.19. The van der Waals surface area contributed by atoms with Crippen molar-refractivity contribution in [1.82, 2.24) is 24.6 Å². The van der Waals surface area contributed by atoms with Crippen molar-refractivity contribution in [3.8, 4) is 5.88 Å². The van der Waals surface area contributed by atoms with Gasteiger partial charge in [-0.1, -0.05) is 30.3 Å². The van der Waals surface area contributed by atoms with E-state index in [9.17, 15) is 4.79 Å². The van der Waals surface area contributed by atoms with Crippen LogP contribution in [0.2, 0.25) is 0 Å². The lowest BCUT2D eigenvalue weighted by molar-refractivity contribution is 0.0699. The molecule has 0 unspecified atom stereocenters. The molecule has 0 saturated carbocycles. The average Bonchev–Trinajstić information content (AvgIpc) is 3.08. The van der Waals surface area contributed by atoms with Crippen molar-refractivity contribution in [2.45, 2.75) is 26.6 Å². The fourth-order valence-corrected chi connectivity index (χ4v) is 2.95. The van der Waals surface area contributed by atoms with Crippen LogP contribution in [0, 0.1) is 6.92 Å². The van der Waals surface area contributed by atoms with Crippen LogP contribution < -0.4 is 4.74 Å². The molecule has 0 N–H and O–H groups in total. The number of benzene rings is 1. The Labute approximate surface area is 151 Å². The molecule has 1 aromatic carbocycles. The normalized spacial score (nSPS) is 13.3. The molecule has 0 aliphatic carbocycles. The van der Waals surface area contributed by atoms with Gasteiger partial charge in [-0.05, 0) is 18.6 Å². The van der Waals surface area contributed by atoms with Crippen LogP contribution in [-0.2, 0) is 19.7 Å². The number of nitrogens with zero attached hydrogens (tertiary/aromatic N) is 5. The molecule has 0 bridgehead atoms. The summed E-state index contributed by atoms with van der Waals surface area (Å²) in [6, 6.07) is 13.5. The van der Waals surface area contributed by atoms with E-state index in [1.165, 1.54) is 0 Å². The molecule has 0 fully saturated rings. The summed E-state index contributed by atoms with van der Waals surface area (Å²) >= 11 is 0. The van der Waals surface area contributed by atoms with Crippen LogP contribution in [0.5, 0.6) is 5.88 Å². The second kappa shape index (κ2) is 6.95. The highest BCUT2D eigenvalue weighted by Gasteiger charge is 2.24. The summed E-state index contributed by atoms with van der Waals surface area (Å²) in [5, 5.41) is 4.48. The molecule has 3 aromatic rings. The maximum absolute atomic E-state index is 12.7. The standard InChI is InChI=1S/C19H19N5O2/c1-14-20-8-7-17(21-14)19(25)23-9-10-24-16(12-23)11-18(22-24)26-13-15-5-3-2-4-6-15/h2-8,11H,9-10,12-13H2,1H3. The van der Waals surface area contributed by atoms with E-state index in [4.69, 9.17) is 4.74 Å². The first kappa shape index (κ1) is 16.3. The molecule has 0 saturated heterocycles. The SMILES string of the molecule is Cc1nccc(C(=O)N2CCn3nc(OCc4ccccc4)cc3C2)n1. The Hall–Kier alpha value is -3.22. The molecule has 3 heterocycles. The number of carbonyl (C=O) groups excluding carboxylic acids is 1. The van der Waals surface area contributed by atoms with Crippen LogP contribution in [0.3, 0.4) is 0 Å². The van der Waals surface area contributed by atoms with Crippen LogP contribution in [0.25, 0.3) is 0 Å². The number of fused-ring (bicyclic) bond motifs is 1. The highest BCUT2D eigenvalue weighted by molar-refractivity contribution is 5.92. The Kier molecular flexibility index (Phi) is 4.35. The molecule has 7 heteroatoms. The topological polar surface area (TPSA) is 73.1 Å². The number of hydrogen-bond donors (Lipinski definition) is 0. The smallest absolute Gasteiger partial charge is 0.273 e. The number of aromatic nitrogens is 4. The molecule has 0 spiro atoms. The van der Waals surface area contributed by atoms with Crippen molar-refractivity contribution >= 4 is 5.91 Å². The van der Waals surface area contributed by atoms with E-state index >= 15 is 0 Å². The number of amides is 1. The number of carbonyl (C=O) groups is 1. The van der Waals surface area contributed by atoms with E-state index in [1.807, 2.05) is 41.1 Å². The van der Waals surface area contributed by atoms with Gasteiger partial charge < -0.3 is 9.64 Å². The Bertz CT molecular complexity index is 923. The summed E-state index contributed by atoms with van der Waals surface area (Å²) in [6.45, 7) is 3.97. The molecule has 1 aliphatic heterocycles. The molecule has 7 nitrogen and oxygen atoms in total. The molecular formula is C19H19N5O2. The van der Waals surface area contributed by atoms with Crippen molar-refractivity contribution < 1.29 is 9.53 Å². The van der Waals surface area contributed by atoms with Crippen LogP contribution in [0.15, 0.2) is 48.7 Å². The molecular weight excluding hydrogens is 330 g/mol. The maximum atomic E-state index is 12.7. The average molecular weight is 349 g/mol. The number of aryl methyl sites for hydroxylation is 1. The van der Waals surface area contributed by atoms with Gasteiger partial charge in [0.1, 0.15) is 18.1 Å². The summed E-state index contributed by atoms with van der Waals surface area (Å²) in [4.78, 5) is 22.7. The Morgan fingerprint density at radius 1 is 1.19 bits per heavy atom. The van der Waals surface area contributed by atoms with Gasteiger partial charge in [0, 0.05) is 18.8 Å². The molecule has 1 amide bonds. The molecule has 1 aliphatic rings. The first-order chi connectivity index (χ1) is 12.7. The van der Waals surface area contributed by atoms with Gasteiger partial charge in [0.25, 0.3) is 5.91 Å². The summed E-state index contributed by atoms with van der Waals surface area (Å²) in [6.07, 6.45) is 1.61. The fourth-order valence-electron chi connectivity index (χ4n) is 2.95. The van der Waals surface area contributed by atoms with Gasteiger partial charge >= 0.3 is 0 Å². The van der Waals surface area contributed by atoms with E-state index in [-0.39, 0.29) is 5.91 Å². The number of hydrogen-bond acceptors (Lipinski definition) is 5. The first-order valence-electron chi connectivity index (χ1n) is 8.51. The Morgan fingerprint density at radius 3 is 2.85 bits per heavy atom. The molecule has 0 atom stereocenters. The minimum Gasteiger partial charge on any atom is -0.472 e. The van der Waals surface area contributed by atoms with Gasteiger partial charge in [0.05, 0.1) is 18.8 Å². The first-order valence-corrected chi connectivity index (χ1v) is 8.51. The molecule has 2 aromatic heterocycles. The van der Waals surface area contributed by atoms with Crippen LogP contribution >= 0.6 is 0 Å². The largest absolute Gasteiger partial charge is 0.472 e. The summed E-state index contributed by atoms with van der Waals surface area (Å²) < 4.78 is 7.68. The molecule has 0 radical (unpaired) electrons. The third kappa shape index (κ3) is 3.42. The minimum absolute atomic E-state index is 0.0882. The third-order valence-electron chi connectivity index (χ3n) is 4.29. The molecule has 4 rings (SSSR count). The zero-order valence-corrected chi connectivity index (χ0v) is 14.5. The highest BCUT2D eigenvalue weighted by Crippen LogP contribution is 2.20. The number of rotatable bonds is 4. The van der Waals surface area contributed by atoms with Gasteiger partial charge in [-0.15, -0.1) is 5.10 Å². The predicted molar refractivity (Wildman–Crippen MR) is 94.5 cm³/mol.